The molecule has 2 aromatic heterocycles. The van der Waals surface area contributed by atoms with Gasteiger partial charge in [0, 0.05) is 12.7 Å². The van der Waals surface area contributed by atoms with E-state index in [0.29, 0.717) is 0 Å². The van der Waals surface area contributed by atoms with E-state index in [4.69, 9.17) is 12.2 Å². The molecule has 88 valence electrons. The first-order chi connectivity index (χ1) is 8.34. The van der Waals surface area contributed by atoms with Gasteiger partial charge in [-0.1, -0.05) is 11.6 Å². The number of imidazole rings is 1. The minimum Gasteiger partial charge on any atom is -0.329 e. The zero-order chi connectivity index (χ0) is 11.7. The Hall–Kier alpha value is -1.42. The molecule has 2 heterocycles. The van der Waals surface area contributed by atoms with Crippen molar-refractivity contribution in [2.45, 2.75) is 32.2 Å². The topological polar surface area (TPSA) is 33.6 Å². The zero-order valence-corrected chi connectivity index (χ0v) is 10.5. The Morgan fingerprint density at radius 3 is 3.24 bits per heavy atom. The Kier molecular flexibility index (Phi) is 2.81. The highest BCUT2D eigenvalue weighted by molar-refractivity contribution is 7.71. The molecule has 0 bridgehead atoms. The number of aromatic nitrogens is 3. The minimum absolute atomic E-state index is 0.775. The van der Waals surface area contributed by atoms with Crippen molar-refractivity contribution in [1.82, 2.24) is 14.5 Å². The average molecular weight is 245 g/mol. The summed E-state index contributed by atoms with van der Waals surface area (Å²) < 4.78 is 2.88. The van der Waals surface area contributed by atoms with E-state index in [-0.39, 0.29) is 0 Å². The van der Waals surface area contributed by atoms with Crippen LogP contribution >= 0.6 is 12.2 Å². The summed E-state index contributed by atoms with van der Waals surface area (Å²) in [6.45, 7) is 0.932. The molecule has 0 aliphatic heterocycles. The van der Waals surface area contributed by atoms with E-state index < -0.39 is 0 Å². The number of nitrogens with one attached hydrogen (secondary N) is 1. The summed E-state index contributed by atoms with van der Waals surface area (Å²) >= 11 is 5.34. The summed E-state index contributed by atoms with van der Waals surface area (Å²) in [7, 11) is 0. The molecule has 1 aliphatic carbocycles. The van der Waals surface area contributed by atoms with Crippen LogP contribution in [0.2, 0.25) is 0 Å². The van der Waals surface area contributed by atoms with Crippen LogP contribution in [0.15, 0.2) is 30.0 Å². The summed E-state index contributed by atoms with van der Waals surface area (Å²) in [5.41, 5.74) is 3.56. The van der Waals surface area contributed by atoms with Crippen LogP contribution in [0.4, 0.5) is 0 Å². The number of pyridine rings is 1. The maximum absolute atomic E-state index is 5.34. The number of fused-ring (bicyclic) bond motifs is 1. The smallest absolute Gasteiger partial charge is 0.179 e. The molecule has 1 aliphatic rings. The lowest BCUT2D eigenvalue weighted by Crippen LogP contribution is -1.99. The highest BCUT2D eigenvalue weighted by Crippen LogP contribution is 2.22. The van der Waals surface area contributed by atoms with Crippen LogP contribution in [-0.2, 0) is 6.54 Å². The van der Waals surface area contributed by atoms with E-state index in [1.807, 2.05) is 18.3 Å². The summed E-state index contributed by atoms with van der Waals surface area (Å²) in [6.07, 6.45) is 9.09. The Labute approximate surface area is 105 Å². The summed E-state index contributed by atoms with van der Waals surface area (Å²) in [6, 6.07) is 3.95. The van der Waals surface area contributed by atoms with Crippen molar-refractivity contribution in [2.75, 3.05) is 0 Å². The van der Waals surface area contributed by atoms with E-state index in [1.54, 1.807) is 5.57 Å². The van der Waals surface area contributed by atoms with Gasteiger partial charge in [-0.25, -0.2) is 4.98 Å². The number of H-pyrrole nitrogens is 1. The van der Waals surface area contributed by atoms with Crippen molar-refractivity contribution in [1.29, 1.82) is 0 Å². The van der Waals surface area contributed by atoms with Crippen LogP contribution < -0.4 is 0 Å². The van der Waals surface area contributed by atoms with Gasteiger partial charge < -0.3 is 9.55 Å². The zero-order valence-electron chi connectivity index (χ0n) is 9.65. The average Bonchev–Trinajstić information content (AvgIpc) is 2.93. The first-order valence-corrected chi connectivity index (χ1v) is 6.47. The number of rotatable bonds is 3. The number of aromatic amines is 1. The third kappa shape index (κ3) is 2.05. The van der Waals surface area contributed by atoms with Crippen LogP contribution in [0.3, 0.4) is 0 Å². The monoisotopic (exact) mass is 245 g/mol. The fraction of sp³-hybridized carbons (Fsp3) is 0.385. The molecule has 1 N–H and O–H groups in total. The van der Waals surface area contributed by atoms with Gasteiger partial charge in [-0.05, 0) is 50.0 Å². The van der Waals surface area contributed by atoms with Gasteiger partial charge in [0.2, 0.25) is 0 Å². The van der Waals surface area contributed by atoms with Crippen molar-refractivity contribution < 1.29 is 0 Å². The maximum Gasteiger partial charge on any atom is 0.179 e. The largest absolute Gasteiger partial charge is 0.329 e. The first-order valence-electron chi connectivity index (χ1n) is 6.06. The Morgan fingerprint density at radius 1 is 1.47 bits per heavy atom. The molecule has 0 saturated carbocycles. The van der Waals surface area contributed by atoms with Crippen molar-refractivity contribution in [3.63, 3.8) is 0 Å². The maximum atomic E-state index is 5.34. The number of hydrogen-bond acceptors (Lipinski definition) is 2. The molecule has 3 nitrogen and oxygen atoms in total. The van der Waals surface area contributed by atoms with Crippen molar-refractivity contribution in [2.24, 2.45) is 0 Å². The molecular weight excluding hydrogens is 230 g/mol. The van der Waals surface area contributed by atoms with Crippen molar-refractivity contribution >= 4 is 23.4 Å². The van der Waals surface area contributed by atoms with Crippen molar-refractivity contribution in [3.8, 4) is 0 Å². The first kappa shape index (κ1) is 10.7. The summed E-state index contributed by atoms with van der Waals surface area (Å²) in [5.74, 6) is 0. The molecule has 0 amide bonds. The number of aryl methyl sites for hydroxylation is 1. The fourth-order valence-electron chi connectivity index (χ4n) is 2.42. The third-order valence-corrected chi connectivity index (χ3v) is 3.64. The molecule has 0 fully saturated rings. The van der Waals surface area contributed by atoms with Gasteiger partial charge in [-0.15, -0.1) is 0 Å². The van der Waals surface area contributed by atoms with Crippen LogP contribution in [0, 0.1) is 4.77 Å². The lowest BCUT2D eigenvalue weighted by atomic mass is 10.2. The second kappa shape index (κ2) is 4.45. The number of allylic oxidation sites excluding steroid dienone is 2. The second-order valence-electron chi connectivity index (χ2n) is 4.46. The highest BCUT2D eigenvalue weighted by atomic mass is 32.1. The molecule has 0 spiro atoms. The lowest BCUT2D eigenvalue weighted by molar-refractivity contribution is 0.683. The molecule has 17 heavy (non-hydrogen) atoms. The van der Waals surface area contributed by atoms with Crippen molar-refractivity contribution in [3.05, 3.63) is 34.7 Å². The quantitative estimate of drug-likeness (QED) is 0.662. The fourth-order valence-corrected chi connectivity index (χ4v) is 2.70. The van der Waals surface area contributed by atoms with Gasteiger partial charge in [0.25, 0.3) is 0 Å². The van der Waals surface area contributed by atoms with Gasteiger partial charge in [0.05, 0.1) is 5.52 Å². The van der Waals surface area contributed by atoms with E-state index in [1.165, 1.54) is 19.3 Å². The summed E-state index contributed by atoms with van der Waals surface area (Å²) in [5, 5.41) is 0. The van der Waals surface area contributed by atoms with E-state index in [2.05, 4.69) is 20.6 Å². The minimum atomic E-state index is 0.775. The second-order valence-corrected chi connectivity index (χ2v) is 4.85. The Balaban J connectivity index is 1.89. The predicted molar refractivity (Wildman–Crippen MR) is 71.5 cm³/mol. The van der Waals surface area contributed by atoms with Gasteiger partial charge in [0.1, 0.15) is 0 Å². The summed E-state index contributed by atoms with van der Waals surface area (Å²) in [4.78, 5) is 7.59. The molecule has 0 saturated heterocycles. The molecule has 2 aromatic rings. The Bertz CT molecular complexity index is 621. The standard InChI is InChI=1S/C13H15N3S/c17-13-15-11-6-3-8-14-12(11)16(13)9-7-10-4-1-2-5-10/h3-4,6,8H,1-2,5,7,9H2,(H,15,17). The third-order valence-electron chi connectivity index (χ3n) is 3.32. The molecule has 0 unspecified atom stereocenters. The molecule has 0 aromatic carbocycles. The number of nitrogens with zero attached hydrogens (tertiary/aromatic N) is 2. The SMILES string of the molecule is S=c1[nH]c2cccnc2n1CCC1=CCCC1. The number of hydrogen-bond donors (Lipinski definition) is 1. The molecule has 3 rings (SSSR count). The molecule has 0 radical (unpaired) electrons. The van der Waals surface area contributed by atoms with Crippen LogP contribution in [-0.4, -0.2) is 14.5 Å². The van der Waals surface area contributed by atoms with E-state index in [0.717, 1.165) is 28.9 Å². The highest BCUT2D eigenvalue weighted by Gasteiger charge is 2.08. The van der Waals surface area contributed by atoms with Crippen LogP contribution in [0.5, 0.6) is 0 Å². The van der Waals surface area contributed by atoms with Gasteiger partial charge in [-0.2, -0.15) is 0 Å². The molecular formula is C13H15N3S. The molecule has 4 heteroatoms. The van der Waals surface area contributed by atoms with E-state index in [9.17, 15) is 0 Å². The Morgan fingerprint density at radius 2 is 2.41 bits per heavy atom. The predicted octanol–water partition coefficient (Wildman–Crippen LogP) is 3.59. The van der Waals surface area contributed by atoms with Gasteiger partial charge in [-0.3, -0.25) is 0 Å². The normalized spacial score (nSPS) is 15.4. The van der Waals surface area contributed by atoms with Gasteiger partial charge in [0.15, 0.2) is 10.4 Å². The van der Waals surface area contributed by atoms with Gasteiger partial charge >= 0.3 is 0 Å². The molecule has 0 atom stereocenters. The lowest BCUT2D eigenvalue weighted by Gasteiger charge is -2.04. The van der Waals surface area contributed by atoms with Crippen LogP contribution in [0.1, 0.15) is 25.7 Å². The van der Waals surface area contributed by atoms with Crippen LogP contribution in [0.25, 0.3) is 11.2 Å². The van der Waals surface area contributed by atoms with E-state index >= 15 is 0 Å².